The van der Waals surface area contributed by atoms with E-state index in [9.17, 15) is 13.5 Å². The van der Waals surface area contributed by atoms with Crippen LogP contribution in [0, 0.1) is 6.92 Å². The highest BCUT2D eigenvalue weighted by Crippen LogP contribution is 2.10. The van der Waals surface area contributed by atoms with E-state index < -0.39 is 16.0 Å². The van der Waals surface area contributed by atoms with Crippen molar-refractivity contribution in [2.24, 2.45) is 4.99 Å². The standard InChI is InChI=1S/C17H20N2O3S/c1-13-8-10-16(11-9-13)23(21,22)19-17(20)18-14(2)12-15-6-4-3-5-7-15/h3-11,14H,12H2,1-2H3,(H2,18,19,20)/p-1/t14-/m1/s1. The van der Waals surface area contributed by atoms with Crippen molar-refractivity contribution in [1.29, 1.82) is 0 Å². The Morgan fingerprint density at radius 2 is 1.74 bits per heavy atom. The van der Waals surface area contributed by atoms with Crippen LogP contribution in [0.2, 0.25) is 0 Å². The molecule has 0 spiro atoms. The summed E-state index contributed by atoms with van der Waals surface area (Å²) in [4.78, 5) is 3.92. The van der Waals surface area contributed by atoms with Gasteiger partial charge in [0.2, 0.25) is 0 Å². The van der Waals surface area contributed by atoms with Crippen molar-refractivity contribution < 1.29 is 13.5 Å². The molecule has 23 heavy (non-hydrogen) atoms. The van der Waals surface area contributed by atoms with Crippen molar-refractivity contribution in [3.63, 3.8) is 0 Å². The molecular formula is C17H19N2O3S-. The van der Waals surface area contributed by atoms with Crippen molar-refractivity contribution in [3.8, 4) is 0 Å². The minimum atomic E-state index is -3.89. The van der Waals surface area contributed by atoms with Gasteiger partial charge in [0.05, 0.1) is 17.0 Å². The van der Waals surface area contributed by atoms with Crippen LogP contribution in [-0.4, -0.2) is 20.5 Å². The van der Waals surface area contributed by atoms with Crippen LogP contribution < -0.4 is 9.83 Å². The zero-order chi connectivity index (χ0) is 16.9. The number of hydrogen-bond acceptors (Lipinski definition) is 4. The summed E-state index contributed by atoms with van der Waals surface area (Å²) in [6, 6.07) is 14.7. The lowest BCUT2D eigenvalue weighted by Crippen LogP contribution is -2.40. The fourth-order valence-corrected chi connectivity index (χ4v) is 3.01. The molecule has 2 aromatic rings. The van der Waals surface area contributed by atoms with Crippen molar-refractivity contribution in [3.05, 3.63) is 65.7 Å². The Morgan fingerprint density at radius 3 is 2.35 bits per heavy atom. The normalized spacial score (nSPS) is 13.6. The Balaban J connectivity index is 2.04. The fraction of sp³-hybridized carbons (Fsp3) is 0.235. The molecule has 0 radical (unpaired) electrons. The molecule has 0 fully saturated rings. The number of hydrogen-bond donors (Lipinski definition) is 1. The highest BCUT2D eigenvalue weighted by atomic mass is 32.2. The number of rotatable bonds is 5. The topological polar surface area (TPSA) is 81.6 Å². The van der Waals surface area contributed by atoms with E-state index in [1.807, 2.05) is 42.0 Å². The molecule has 0 aromatic heterocycles. The maximum atomic E-state index is 12.1. The van der Waals surface area contributed by atoms with E-state index in [1.54, 1.807) is 19.1 Å². The molecule has 0 amide bonds. The number of aliphatic imine (C=N–C) groups is 1. The molecule has 1 atom stereocenters. The van der Waals surface area contributed by atoms with E-state index in [0.29, 0.717) is 6.42 Å². The van der Waals surface area contributed by atoms with Gasteiger partial charge >= 0.3 is 0 Å². The van der Waals surface area contributed by atoms with Gasteiger partial charge in [-0.1, -0.05) is 48.0 Å². The molecule has 0 saturated carbocycles. The van der Waals surface area contributed by atoms with Crippen molar-refractivity contribution in [1.82, 2.24) is 4.72 Å². The van der Waals surface area contributed by atoms with E-state index in [-0.39, 0.29) is 10.9 Å². The second kappa shape index (κ2) is 7.28. The van der Waals surface area contributed by atoms with E-state index >= 15 is 0 Å². The Labute approximate surface area is 136 Å². The van der Waals surface area contributed by atoms with Crippen molar-refractivity contribution in [2.75, 3.05) is 0 Å². The van der Waals surface area contributed by atoms with Crippen LogP contribution in [0.5, 0.6) is 0 Å². The van der Waals surface area contributed by atoms with Crippen LogP contribution in [0.25, 0.3) is 0 Å². The van der Waals surface area contributed by atoms with E-state index in [4.69, 9.17) is 0 Å². The lowest BCUT2D eigenvalue weighted by Gasteiger charge is -2.17. The molecule has 122 valence electrons. The molecule has 5 nitrogen and oxygen atoms in total. The Morgan fingerprint density at radius 1 is 1.13 bits per heavy atom. The molecule has 6 heteroatoms. The second-order valence-electron chi connectivity index (χ2n) is 5.39. The molecular weight excluding hydrogens is 312 g/mol. The van der Waals surface area contributed by atoms with Crippen LogP contribution in [0.3, 0.4) is 0 Å². The number of amidine groups is 1. The minimum absolute atomic E-state index is 0.0439. The summed E-state index contributed by atoms with van der Waals surface area (Å²) in [6.45, 7) is 3.63. The highest BCUT2D eigenvalue weighted by Gasteiger charge is 2.13. The van der Waals surface area contributed by atoms with Gasteiger partial charge in [-0.3, -0.25) is 9.71 Å². The van der Waals surface area contributed by atoms with Crippen LogP contribution in [0.1, 0.15) is 18.1 Å². The highest BCUT2D eigenvalue weighted by molar-refractivity contribution is 7.90. The van der Waals surface area contributed by atoms with Gasteiger partial charge in [-0.05, 0) is 38.0 Å². The number of nitrogens with one attached hydrogen (secondary N) is 1. The first-order valence-electron chi connectivity index (χ1n) is 7.25. The quantitative estimate of drug-likeness (QED) is 0.668. The third-order valence-electron chi connectivity index (χ3n) is 3.26. The molecule has 0 bridgehead atoms. The first kappa shape index (κ1) is 17.0. The van der Waals surface area contributed by atoms with Gasteiger partial charge in [0.15, 0.2) is 0 Å². The number of aryl methyl sites for hydroxylation is 1. The monoisotopic (exact) mass is 331 g/mol. The third-order valence-corrected chi connectivity index (χ3v) is 4.60. The zero-order valence-electron chi connectivity index (χ0n) is 13.1. The van der Waals surface area contributed by atoms with Gasteiger partial charge in [0.1, 0.15) is 0 Å². The maximum absolute atomic E-state index is 12.1. The fourth-order valence-electron chi connectivity index (χ4n) is 2.12. The molecule has 2 rings (SSSR count). The van der Waals surface area contributed by atoms with Crippen molar-refractivity contribution in [2.45, 2.75) is 31.2 Å². The van der Waals surface area contributed by atoms with Crippen LogP contribution in [0.4, 0.5) is 0 Å². The molecule has 0 aliphatic carbocycles. The summed E-state index contributed by atoms with van der Waals surface area (Å²) in [5.41, 5.74) is 1.98. The SMILES string of the molecule is Cc1ccc(S(=O)(=O)NC([O-])=N[C@H](C)Cc2ccccc2)cc1. The van der Waals surface area contributed by atoms with Gasteiger partial charge < -0.3 is 5.11 Å². The summed E-state index contributed by atoms with van der Waals surface area (Å²) in [5.74, 6) is 0. The molecule has 0 aliphatic heterocycles. The van der Waals surface area contributed by atoms with Crippen LogP contribution in [-0.2, 0) is 16.4 Å². The second-order valence-corrected chi connectivity index (χ2v) is 7.07. The van der Waals surface area contributed by atoms with Gasteiger partial charge in [0.25, 0.3) is 10.0 Å². The van der Waals surface area contributed by atoms with E-state index in [2.05, 4.69) is 4.99 Å². The molecule has 0 aliphatic rings. The summed E-state index contributed by atoms with van der Waals surface area (Å²) in [7, 11) is -3.89. The Hall–Kier alpha value is -2.34. The Kier molecular flexibility index (Phi) is 5.39. The summed E-state index contributed by atoms with van der Waals surface area (Å²) >= 11 is 0. The van der Waals surface area contributed by atoms with Crippen LogP contribution in [0.15, 0.2) is 64.5 Å². The Bertz CT molecular complexity index is 769. The average molecular weight is 331 g/mol. The van der Waals surface area contributed by atoms with Gasteiger partial charge in [-0.2, -0.15) is 0 Å². The number of benzene rings is 2. The third kappa shape index (κ3) is 5.10. The smallest absolute Gasteiger partial charge is 0.262 e. The van der Waals surface area contributed by atoms with E-state index in [0.717, 1.165) is 11.1 Å². The molecule has 2 aromatic carbocycles. The largest absolute Gasteiger partial charge is 0.846 e. The predicted octanol–water partition coefficient (Wildman–Crippen LogP) is 1.62. The molecule has 0 unspecified atom stereocenters. The summed E-state index contributed by atoms with van der Waals surface area (Å²) < 4.78 is 26.2. The van der Waals surface area contributed by atoms with Crippen molar-refractivity contribution >= 4 is 16.0 Å². The lowest BCUT2D eigenvalue weighted by atomic mass is 10.1. The number of nitrogens with zero attached hydrogens (tertiary/aromatic N) is 1. The molecule has 0 saturated heterocycles. The summed E-state index contributed by atoms with van der Waals surface area (Å²) in [5, 5.41) is 11.8. The molecule has 0 heterocycles. The lowest BCUT2D eigenvalue weighted by molar-refractivity contribution is -0.219. The predicted molar refractivity (Wildman–Crippen MR) is 88.5 cm³/mol. The zero-order valence-corrected chi connectivity index (χ0v) is 13.9. The first-order valence-corrected chi connectivity index (χ1v) is 8.73. The van der Waals surface area contributed by atoms with E-state index in [1.165, 1.54) is 12.1 Å². The average Bonchev–Trinajstić information content (AvgIpc) is 2.47. The maximum Gasteiger partial charge on any atom is 0.262 e. The number of sulfonamides is 1. The molecule has 1 N–H and O–H groups in total. The van der Waals surface area contributed by atoms with Gasteiger partial charge in [0, 0.05) is 0 Å². The first-order chi connectivity index (χ1) is 10.9. The van der Waals surface area contributed by atoms with Crippen LogP contribution >= 0.6 is 0 Å². The summed E-state index contributed by atoms with van der Waals surface area (Å²) in [6.07, 6.45) is 0.568. The van der Waals surface area contributed by atoms with Gasteiger partial charge in [-0.15, -0.1) is 0 Å². The van der Waals surface area contributed by atoms with Gasteiger partial charge in [-0.25, -0.2) is 8.42 Å². The minimum Gasteiger partial charge on any atom is -0.846 e.